The van der Waals surface area contributed by atoms with Crippen molar-refractivity contribution in [2.45, 2.75) is 31.7 Å². The standard InChI is InChI=1S/C13H15F3N2O/c14-10-5-9(6-11(15)12(10)16)18-13(19)7-1-3-8(17)4-2-7/h5-8H,1-4,17H2,(H,18,19). The van der Waals surface area contributed by atoms with Crippen LogP contribution in [0.5, 0.6) is 0 Å². The van der Waals surface area contributed by atoms with Gasteiger partial charge >= 0.3 is 0 Å². The number of nitrogens with two attached hydrogens (primary N) is 1. The predicted octanol–water partition coefficient (Wildman–Crippen LogP) is 2.56. The fourth-order valence-electron chi connectivity index (χ4n) is 2.25. The van der Waals surface area contributed by atoms with Crippen molar-refractivity contribution in [2.75, 3.05) is 5.32 Å². The third kappa shape index (κ3) is 3.26. The van der Waals surface area contributed by atoms with Crippen LogP contribution in [0.4, 0.5) is 18.9 Å². The first-order valence-corrected chi connectivity index (χ1v) is 6.18. The van der Waals surface area contributed by atoms with E-state index in [2.05, 4.69) is 5.32 Å². The van der Waals surface area contributed by atoms with Gasteiger partial charge in [0, 0.05) is 29.8 Å². The third-order valence-corrected chi connectivity index (χ3v) is 3.39. The molecule has 0 bridgehead atoms. The number of carbonyl (C=O) groups excluding carboxylic acids is 1. The van der Waals surface area contributed by atoms with Crippen molar-refractivity contribution in [3.05, 3.63) is 29.6 Å². The Kier molecular flexibility index (Phi) is 4.09. The summed E-state index contributed by atoms with van der Waals surface area (Å²) in [7, 11) is 0. The normalized spacial score (nSPS) is 23.2. The SMILES string of the molecule is NC1CCC(C(=O)Nc2cc(F)c(F)c(F)c2)CC1. The highest BCUT2D eigenvalue weighted by atomic mass is 19.2. The number of anilines is 1. The van der Waals surface area contributed by atoms with Gasteiger partial charge in [-0.3, -0.25) is 4.79 Å². The maximum Gasteiger partial charge on any atom is 0.227 e. The fraction of sp³-hybridized carbons (Fsp3) is 0.462. The third-order valence-electron chi connectivity index (χ3n) is 3.39. The molecule has 0 unspecified atom stereocenters. The molecular formula is C13H15F3N2O. The summed E-state index contributed by atoms with van der Waals surface area (Å²) in [6, 6.07) is 1.65. The molecule has 0 heterocycles. The molecule has 1 amide bonds. The van der Waals surface area contributed by atoms with Crippen molar-refractivity contribution in [1.82, 2.24) is 0 Å². The van der Waals surface area contributed by atoms with E-state index < -0.39 is 17.5 Å². The van der Waals surface area contributed by atoms with Gasteiger partial charge in [0.25, 0.3) is 0 Å². The Bertz CT molecular complexity index is 462. The van der Waals surface area contributed by atoms with Crippen LogP contribution in [0, 0.1) is 23.4 Å². The predicted molar refractivity (Wildman–Crippen MR) is 64.9 cm³/mol. The van der Waals surface area contributed by atoms with Crippen LogP contribution in [0.2, 0.25) is 0 Å². The number of amides is 1. The van der Waals surface area contributed by atoms with Crippen LogP contribution in [0.1, 0.15) is 25.7 Å². The highest BCUT2D eigenvalue weighted by Crippen LogP contribution is 2.25. The average Bonchev–Trinajstić information content (AvgIpc) is 2.36. The summed E-state index contributed by atoms with van der Waals surface area (Å²) in [6.45, 7) is 0. The molecule has 19 heavy (non-hydrogen) atoms. The first-order valence-electron chi connectivity index (χ1n) is 6.18. The zero-order valence-electron chi connectivity index (χ0n) is 10.3. The number of rotatable bonds is 2. The molecule has 3 N–H and O–H groups in total. The molecule has 1 saturated carbocycles. The van der Waals surface area contributed by atoms with E-state index in [4.69, 9.17) is 5.73 Å². The molecule has 0 spiro atoms. The lowest BCUT2D eigenvalue weighted by Gasteiger charge is -2.25. The number of benzene rings is 1. The van der Waals surface area contributed by atoms with Gasteiger partial charge in [0.2, 0.25) is 5.91 Å². The van der Waals surface area contributed by atoms with Gasteiger partial charge in [0.1, 0.15) is 0 Å². The van der Waals surface area contributed by atoms with Crippen molar-refractivity contribution in [2.24, 2.45) is 11.7 Å². The molecule has 2 rings (SSSR count). The second-order valence-corrected chi connectivity index (χ2v) is 4.85. The van der Waals surface area contributed by atoms with Crippen LogP contribution >= 0.6 is 0 Å². The lowest BCUT2D eigenvalue weighted by molar-refractivity contribution is -0.120. The summed E-state index contributed by atoms with van der Waals surface area (Å²) in [6.07, 6.45) is 2.81. The number of hydrogen-bond donors (Lipinski definition) is 2. The minimum absolute atomic E-state index is 0.0729. The van der Waals surface area contributed by atoms with E-state index in [0.717, 1.165) is 25.0 Å². The molecule has 3 nitrogen and oxygen atoms in total. The zero-order valence-corrected chi connectivity index (χ0v) is 10.3. The number of halogens is 3. The van der Waals surface area contributed by atoms with Crippen molar-refractivity contribution >= 4 is 11.6 Å². The molecule has 0 saturated heterocycles. The largest absolute Gasteiger partial charge is 0.328 e. The number of nitrogens with one attached hydrogen (secondary N) is 1. The Hall–Kier alpha value is -1.56. The maximum absolute atomic E-state index is 13.0. The molecular weight excluding hydrogens is 257 g/mol. The van der Waals surface area contributed by atoms with E-state index in [-0.39, 0.29) is 23.6 Å². The van der Waals surface area contributed by atoms with Crippen molar-refractivity contribution in [3.8, 4) is 0 Å². The molecule has 104 valence electrons. The molecule has 1 aromatic rings. The average molecular weight is 272 g/mol. The Balaban J connectivity index is 2.03. The summed E-state index contributed by atoms with van der Waals surface area (Å²) in [5, 5.41) is 2.41. The second kappa shape index (κ2) is 5.61. The molecule has 1 aromatic carbocycles. The van der Waals surface area contributed by atoms with E-state index >= 15 is 0 Å². The highest BCUT2D eigenvalue weighted by molar-refractivity contribution is 5.92. The Morgan fingerprint density at radius 1 is 1.11 bits per heavy atom. The fourth-order valence-corrected chi connectivity index (χ4v) is 2.25. The van der Waals surface area contributed by atoms with Crippen LogP contribution in [-0.2, 0) is 4.79 Å². The second-order valence-electron chi connectivity index (χ2n) is 4.85. The van der Waals surface area contributed by atoms with Gasteiger partial charge in [0.05, 0.1) is 0 Å². The van der Waals surface area contributed by atoms with Crippen LogP contribution < -0.4 is 11.1 Å². The van der Waals surface area contributed by atoms with Gasteiger partial charge in [-0.2, -0.15) is 0 Å². The maximum atomic E-state index is 13.0. The van der Waals surface area contributed by atoms with Crippen LogP contribution in [0.25, 0.3) is 0 Å². The number of hydrogen-bond acceptors (Lipinski definition) is 2. The van der Waals surface area contributed by atoms with E-state index in [1.807, 2.05) is 0 Å². The Labute approximate surface area is 109 Å². The summed E-state index contributed by atoms with van der Waals surface area (Å²) in [5.74, 6) is -4.70. The molecule has 0 atom stereocenters. The molecule has 1 fully saturated rings. The summed E-state index contributed by atoms with van der Waals surface area (Å²) >= 11 is 0. The van der Waals surface area contributed by atoms with Gasteiger partial charge in [0.15, 0.2) is 17.5 Å². The van der Waals surface area contributed by atoms with E-state index in [1.165, 1.54) is 0 Å². The smallest absolute Gasteiger partial charge is 0.227 e. The Morgan fingerprint density at radius 2 is 1.63 bits per heavy atom. The van der Waals surface area contributed by atoms with Crippen molar-refractivity contribution in [3.63, 3.8) is 0 Å². The summed E-state index contributed by atoms with van der Waals surface area (Å²) in [5.41, 5.74) is 5.66. The summed E-state index contributed by atoms with van der Waals surface area (Å²) in [4.78, 5) is 11.9. The van der Waals surface area contributed by atoms with Gasteiger partial charge in [-0.1, -0.05) is 0 Å². The first kappa shape index (κ1) is 13.9. The first-order chi connectivity index (χ1) is 8.97. The van der Waals surface area contributed by atoms with E-state index in [0.29, 0.717) is 12.8 Å². The van der Waals surface area contributed by atoms with Gasteiger partial charge in [-0.05, 0) is 25.7 Å². The van der Waals surface area contributed by atoms with Gasteiger partial charge < -0.3 is 11.1 Å². The van der Waals surface area contributed by atoms with Crippen LogP contribution in [0.15, 0.2) is 12.1 Å². The molecule has 0 aliphatic heterocycles. The van der Waals surface area contributed by atoms with Crippen molar-refractivity contribution < 1.29 is 18.0 Å². The lowest BCUT2D eigenvalue weighted by Crippen LogP contribution is -2.32. The molecule has 6 heteroatoms. The molecule has 0 radical (unpaired) electrons. The van der Waals surface area contributed by atoms with Crippen LogP contribution in [-0.4, -0.2) is 11.9 Å². The minimum atomic E-state index is -1.54. The lowest BCUT2D eigenvalue weighted by atomic mass is 9.86. The van der Waals surface area contributed by atoms with Crippen LogP contribution in [0.3, 0.4) is 0 Å². The minimum Gasteiger partial charge on any atom is -0.328 e. The quantitative estimate of drug-likeness (QED) is 0.813. The molecule has 1 aliphatic rings. The summed E-state index contributed by atoms with van der Waals surface area (Å²) < 4.78 is 38.8. The van der Waals surface area contributed by atoms with Gasteiger partial charge in [-0.25, -0.2) is 13.2 Å². The monoisotopic (exact) mass is 272 g/mol. The highest BCUT2D eigenvalue weighted by Gasteiger charge is 2.25. The van der Waals surface area contributed by atoms with E-state index in [1.54, 1.807) is 0 Å². The van der Waals surface area contributed by atoms with Crippen molar-refractivity contribution in [1.29, 1.82) is 0 Å². The van der Waals surface area contributed by atoms with E-state index in [9.17, 15) is 18.0 Å². The van der Waals surface area contributed by atoms with Gasteiger partial charge in [-0.15, -0.1) is 0 Å². The molecule has 1 aliphatic carbocycles. The Morgan fingerprint density at radius 3 is 2.16 bits per heavy atom. The molecule has 0 aromatic heterocycles. The number of carbonyl (C=O) groups is 1. The topological polar surface area (TPSA) is 55.1 Å². The zero-order chi connectivity index (χ0) is 14.0.